The maximum atomic E-state index is 11.7. The Kier molecular flexibility index (Phi) is 7.19. The molecule has 6 heteroatoms. The van der Waals surface area contributed by atoms with Crippen LogP contribution in [0.3, 0.4) is 0 Å². The first-order valence-electron chi connectivity index (χ1n) is 7.65. The maximum absolute atomic E-state index is 11.7. The molecule has 1 amide bonds. The molecule has 1 rings (SSSR count). The molecule has 1 heterocycles. The van der Waals surface area contributed by atoms with E-state index in [1.165, 1.54) is 12.8 Å². The number of carbonyl (C=O) groups excluding carboxylic acids is 2. The number of ether oxygens (including phenoxy) is 1. The van der Waals surface area contributed by atoms with Gasteiger partial charge in [0.15, 0.2) is 0 Å². The van der Waals surface area contributed by atoms with Gasteiger partial charge < -0.3 is 9.57 Å². The molecule has 1 fully saturated rings. The Morgan fingerprint density at radius 1 is 1.23 bits per heavy atom. The van der Waals surface area contributed by atoms with Crippen LogP contribution in [0.25, 0.3) is 0 Å². The van der Waals surface area contributed by atoms with Crippen molar-refractivity contribution in [2.45, 2.75) is 52.6 Å². The highest BCUT2D eigenvalue weighted by molar-refractivity contribution is 5.75. The fourth-order valence-electron chi connectivity index (χ4n) is 1.91. The van der Waals surface area contributed by atoms with E-state index >= 15 is 0 Å². The molecule has 1 atom stereocenters. The molecular formula is C16H26N2O4. The summed E-state index contributed by atoms with van der Waals surface area (Å²) in [4.78, 5) is 30.0. The van der Waals surface area contributed by atoms with Crippen LogP contribution in [0.1, 0.15) is 47.0 Å². The number of rotatable bonds is 3. The van der Waals surface area contributed by atoms with E-state index in [0.717, 1.165) is 19.6 Å². The predicted octanol–water partition coefficient (Wildman–Crippen LogP) is 2.09. The van der Waals surface area contributed by atoms with E-state index in [-0.39, 0.29) is 0 Å². The molecule has 1 unspecified atom stereocenters. The molecule has 1 saturated heterocycles. The van der Waals surface area contributed by atoms with Crippen LogP contribution >= 0.6 is 0 Å². The van der Waals surface area contributed by atoms with E-state index in [0.29, 0.717) is 6.42 Å². The van der Waals surface area contributed by atoms with Gasteiger partial charge in [0, 0.05) is 6.42 Å². The van der Waals surface area contributed by atoms with Crippen LogP contribution in [-0.4, -0.2) is 42.2 Å². The van der Waals surface area contributed by atoms with E-state index in [2.05, 4.69) is 16.7 Å². The molecule has 1 N–H and O–H groups in total. The Morgan fingerprint density at radius 2 is 1.86 bits per heavy atom. The molecule has 0 radical (unpaired) electrons. The maximum Gasteiger partial charge on any atom is 0.441 e. The number of hydroxylamine groups is 1. The third-order valence-corrected chi connectivity index (χ3v) is 3.07. The van der Waals surface area contributed by atoms with Crippen molar-refractivity contribution < 1.29 is 19.2 Å². The minimum Gasteiger partial charge on any atom is -0.442 e. The Hall–Kier alpha value is -1.74. The minimum atomic E-state index is -0.784. The van der Waals surface area contributed by atoms with Gasteiger partial charge in [0.25, 0.3) is 0 Å². The Bertz CT molecular complexity index is 439. The first-order valence-corrected chi connectivity index (χ1v) is 7.65. The van der Waals surface area contributed by atoms with E-state index < -0.39 is 23.6 Å². The molecule has 0 aliphatic carbocycles. The second-order valence-electron chi connectivity index (χ2n) is 6.47. The molecule has 0 aromatic rings. The molecule has 0 saturated carbocycles. The number of hydrogen-bond acceptors (Lipinski definition) is 5. The first kappa shape index (κ1) is 18.3. The van der Waals surface area contributed by atoms with Crippen molar-refractivity contribution in [3.05, 3.63) is 0 Å². The van der Waals surface area contributed by atoms with Crippen LogP contribution in [0.2, 0.25) is 0 Å². The lowest BCUT2D eigenvalue weighted by Gasteiger charge is -2.19. The summed E-state index contributed by atoms with van der Waals surface area (Å²) in [5.41, 5.74) is 1.35. The second kappa shape index (κ2) is 8.64. The number of carbonyl (C=O) groups is 2. The topological polar surface area (TPSA) is 67.9 Å². The summed E-state index contributed by atoms with van der Waals surface area (Å²) < 4.78 is 4.96. The largest absolute Gasteiger partial charge is 0.442 e. The molecule has 0 aromatic carbocycles. The normalized spacial score (nSPS) is 16.4. The van der Waals surface area contributed by atoms with Crippen LogP contribution in [0.15, 0.2) is 0 Å². The van der Waals surface area contributed by atoms with E-state index in [4.69, 9.17) is 9.57 Å². The number of nitrogens with one attached hydrogen (secondary N) is 1. The van der Waals surface area contributed by atoms with E-state index in [9.17, 15) is 9.59 Å². The van der Waals surface area contributed by atoms with Crippen LogP contribution in [0.5, 0.6) is 0 Å². The third-order valence-electron chi connectivity index (χ3n) is 3.07. The van der Waals surface area contributed by atoms with Crippen molar-refractivity contribution in [2.24, 2.45) is 5.92 Å². The van der Waals surface area contributed by atoms with Gasteiger partial charge in [-0.1, -0.05) is 12.8 Å². The van der Waals surface area contributed by atoms with Crippen molar-refractivity contribution in [3.8, 4) is 11.8 Å². The van der Waals surface area contributed by atoms with Crippen molar-refractivity contribution in [2.75, 3.05) is 19.6 Å². The van der Waals surface area contributed by atoms with E-state index in [1.54, 1.807) is 27.7 Å². The Balaban J connectivity index is 2.21. The van der Waals surface area contributed by atoms with Gasteiger partial charge in [-0.15, -0.1) is 11.4 Å². The zero-order valence-electron chi connectivity index (χ0n) is 13.9. The van der Waals surface area contributed by atoms with Gasteiger partial charge in [-0.2, -0.15) is 0 Å². The van der Waals surface area contributed by atoms with Crippen molar-refractivity contribution >= 4 is 12.1 Å². The summed E-state index contributed by atoms with van der Waals surface area (Å²) in [6.45, 7) is 9.85. The van der Waals surface area contributed by atoms with Crippen molar-refractivity contribution in [1.82, 2.24) is 10.4 Å². The van der Waals surface area contributed by atoms with Crippen LogP contribution in [0.4, 0.5) is 4.79 Å². The van der Waals surface area contributed by atoms with E-state index in [1.807, 2.05) is 5.48 Å². The van der Waals surface area contributed by atoms with Gasteiger partial charge in [-0.25, -0.2) is 9.59 Å². The first-order chi connectivity index (χ1) is 10.3. The number of likely N-dealkylation sites (tertiary alicyclic amines) is 1. The summed E-state index contributed by atoms with van der Waals surface area (Å²) in [6, 6.07) is 0. The molecule has 1 aliphatic rings. The zero-order chi connectivity index (χ0) is 16.6. The van der Waals surface area contributed by atoms with Gasteiger partial charge in [0.1, 0.15) is 5.60 Å². The smallest absolute Gasteiger partial charge is 0.441 e. The van der Waals surface area contributed by atoms with Gasteiger partial charge >= 0.3 is 12.1 Å². The molecule has 0 bridgehead atoms. The van der Waals surface area contributed by atoms with Gasteiger partial charge in [-0.05, 0) is 46.7 Å². The monoisotopic (exact) mass is 310 g/mol. The summed E-state index contributed by atoms with van der Waals surface area (Å²) in [5, 5.41) is 0. The third kappa shape index (κ3) is 7.89. The average molecular weight is 310 g/mol. The SMILES string of the molecule is CC(CC#CCN1CCCC1)C(=O)ONC(=O)OC(C)(C)C. The molecule has 1 aliphatic heterocycles. The summed E-state index contributed by atoms with van der Waals surface area (Å²) >= 11 is 0. The Labute approximate surface area is 132 Å². The molecular weight excluding hydrogens is 284 g/mol. The van der Waals surface area contributed by atoms with Crippen molar-refractivity contribution in [1.29, 1.82) is 0 Å². The summed E-state index contributed by atoms with van der Waals surface area (Å²) in [6.07, 6.45) is 2.10. The summed E-state index contributed by atoms with van der Waals surface area (Å²) in [5.74, 6) is 5.12. The quantitative estimate of drug-likeness (QED) is 0.638. The molecule has 124 valence electrons. The Morgan fingerprint density at radius 3 is 2.45 bits per heavy atom. The zero-order valence-corrected chi connectivity index (χ0v) is 13.9. The van der Waals surface area contributed by atoms with Crippen LogP contribution in [0, 0.1) is 17.8 Å². The number of hydrogen-bond donors (Lipinski definition) is 1. The van der Waals surface area contributed by atoms with Gasteiger partial charge in [0.2, 0.25) is 0 Å². The van der Waals surface area contributed by atoms with Gasteiger partial charge in [-0.3, -0.25) is 4.90 Å². The standard InChI is InChI=1S/C16H26N2O4/c1-13(9-5-6-10-18-11-7-8-12-18)14(19)22-17-15(20)21-16(2,3)4/h13H,7-12H2,1-4H3,(H,17,20). The van der Waals surface area contributed by atoms with Crippen LogP contribution < -0.4 is 5.48 Å². The minimum absolute atomic E-state index is 0.402. The van der Waals surface area contributed by atoms with Crippen molar-refractivity contribution in [3.63, 3.8) is 0 Å². The summed E-state index contributed by atoms with van der Waals surface area (Å²) in [7, 11) is 0. The fourth-order valence-corrected chi connectivity index (χ4v) is 1.91. The molecule has 22 heavy (non-hydrogen) atoms. The fraction of sp³-hybridized carbons (Fsp3) is 0.750. The second-order valence-corrected chi connectivity index (χ2v) is 6.47. The molecule has 0 aromatic heterocycles. The highest BCUT2D eigenvalue weighted by Gasteiger charge is 2.19. The number of amides is 1. The number of nitrogens with zero attached hydrogens (tertiary/aromatic N) is 1. The predicted molar refractivity (Wildman–Crippen MR) is 82.7 cm³/mol. The highest BCUT2D eigenvalue weighted by atomic mass is 16.7. The molecule has 0 spiro atoms. The van der Waals surface area contributed by atoms with Crippen LogP contribution in [-0.2, 0) is 14.4 Å². The lowest BCUT2D eigenvalue weighted by Crippen LogP contribution is -2.35. The lowest BCUT2D eigenvalue weighted by molar-refractivity contribution is -0.154. The lowest BCUT2D eigenvalue weighted by atomic mass is 10.1. The van der Waals surface area contributed by atoms with Gasteiger partial charge in [0.05, 0.1) is 12.5 Å². The molecule has 6 nitrogen and oxygen atoms in total. The average Bonchev–Trinajstić information content (AvgIpc) is 2.92. The highest BCUT2D eigenvalue weighted by Crippen LogP contribution is 2.08.